The number of aliphatic carboxylic acids is 1. The van der Waals surface area contributed by atoms with Crippen LogP contribution in [0.2, 0.25) is 0 Å². The van der Waals surface area contributed by atoms with Gasteiger partial charge in [0.15, 0.2) is 6.04 Å². The fourth-order valence-corrected chi connectivity index (χ4v) is 2.08. The molecule has 1 heterocycles. The molecule has 0 aromatic carbocycles. The zero-order chi connectivity index (χ0) is 13.4. The molecule has 6 nitrogen and oxygen atoms in total. The maximum atomic E-state index is 11.2. The summed E-state index contributed by atoms with van der Waals surface area (Å²) in [6.07, 6.45) is 7.30. The fourth-order valence-electron chi connectivity index (χ4n) is 1.86. The number of hydrogen-bond donors (Lipinski definition) is 2. The number of carbonyl (C=O) groups is 1. The molecule has 0 amide bonds. The normalized spacial score (nSPS) is 11.3. The second-order valence-corrected chi connectivity index (χ2v) is 4.73. The van der Waals surface area contributed by atoms with Crippen molar-refractivity contribution in [3.63, 3.8) is 0 Å². The average Bonchev–Trinajstić information content (AvgIpc) is 2.74. The number of carboxylic acids is 1. The van der Waals surface area contributed by atoms with Gasteiger partial charge in [-0.3, -0.25) is 0 Å². The van der Waals surface area contributed by atoms with Crippen LogP contribution in [0.4, 0.5) is 0 Å². The summed E-state index contributed by atoms with van der Waals surface area (Å²) in [5.74, 6) is -0.911. The second-order valence-electron chi connectivity index (χ2n) is 4.33. The third-order valence-corrected chi connectivity index (χ3v) is 3.18. The van der Waals surface area contributed by atoms with Crippen LogP contribution in [-0.2, 0) is 4.79 Å². The maximum absolute atomic E-state index is 11.2. The third-order valence-electron chi connectivity index (χ3n) is 2.89. The van der Waals surface area contributed by atoms with Gasteiger partial charge >= 0.3 is 65.1 Å². The van der Waals surface area contributed by atoms with Crippen molar-refractivity contribution < 1.29 is 9.90 Å². The van der Waals surface area contributed by atoms with Gasteiger partial charge in [0.1, 0.15) is 0 Å². The number of hydrogen-bond acceptors (Lipinski definition) is 5. The quantitative estimate of drug-likeness (QED) is 0.404. The fraction of sp³-hybridized carbons (Fsp3) is 0.818. The van der Waals surface area contributed by atoms with Gasteiger partial charge in [0, 0.05) is 0 Å². The third kappa shape index (κ3) is 8.36. The molecule has 106 valence electrons. The first-order valence-electron chi connectivity index (χ1n) is 6.36. The molecule has 0 spiro atoms. The summed E-state index contributed by atoms with van der Waals surface area (Å²) < 4.78 is 1.26. The molecule has 1 rings (SSSR count). The average molecular weight is 320 g/mol. The Morgan fingerprint density at radius 1 is 1.25 bits per heavy atom. The van der Waals surface area contributed by atoms with Crippen molar-refractivity contribution in [1.29, 1.82) is 0 Å². The number of aromatic nitrogens is 4. The van der Waals surface area contributed by atoms with Gasteiger partial charge in [0.2, 0.25) is 5.16 Å². The summed E-state index contributed by atoms with van der Waals surface area (Å²) in [5, 5.41) is 20.1. The molecule has 0 saturated carbocycles. The van der Waals surface area contributed by atoms with Crippen LogP contribution >= 0.6 is 12.6 Å². The van der Waals surface area contributed by atoms with Crippen LogP contribution in [-0.4, -0.2) is 90.4 Å². The van der Waals surface area contributed by atoms with E-state index in [1.54, 1.807) is 0 Å². The van der Waals surface area contributed by atoms with Gasteiger partial charge < -0.3 is 5.11 Å². The summed E-state index contributed by atoms with van der Waals surface area (Å²) in [6, 6.07) is -0.710. The van der Waals surface area contributed by atoms with Crippen molar-refractivity contribution >= 4 is 77.7 Å². The number of unbranched alkanes of at least 4 members (excludes halogenated alkanes) is 5. The zero-order valence-electron chi connectivity index (χ0n) is 10.6. The molecule has 0 bridgehead atoms. The van der Waals surface area contributed by atoms with E-state index in [9.17, 15) is 4.79 Å². The molecule has 1 aromatic rings. The molecule has 0 saturated heterocycles. The molecule has 0 fully saturated rings. The van der Waals surface area contributed by atoms with Crippen molar-refractivity contribution in [3.05, 3.63) is 0 Å². The summed E-state index contributed by atoms with van der Waals surface area (Å²) >= 11 is 4.04. The van der Waals surface area contributed by atoms with E-state index in [0.717, 1.165) is 19.3 Å². The Labute approximate surface area is 169 Å². The first kappa shape index (κ1) is 23.2. The second kappa shape index (κ2) is 13.5. The summed E-state index contributed by atoms with van der Waals surface area (Å²) in [4.78, 5) is 11.2. The minimum absolute atomic E-state index is 0. The molecule has 1 N–H and O–H groups in total. The summed E-state index contributed by atoms with van der Waals surface area (Å²) in [7, 11) is 0. The molecule has 1 unspecified atom stereocenters. The van der Waals surface area contributed by atoms with Gasteiger partial charge in [0.05, 0.1) is 0 Å². The molecular formula is C11H22N4Na2O2S. The van der Waals surface area contributed by atoms with E-state index in [-0.39, 0.29) is 64.3 Å². The van der Waals surface area contributed by atoms with Crippen LogP contribution in [0.25, 0.3) is 0 Å². The molecule has 0 aliphatic rings. The van der Waals surface area contributed by atoms with E-state index < -0.39 is 12.0 Å². The number of carboxylic acid groups (broad SMARTS) is 1. The van der Waals surface area contributed by atoms with Crippen molar-refractivity contribution in [3.8, 4) is 0 Å². The van der Waals surface area contributed by atoms with Crippen molar-refractivity contribution in [2.24, 2.45) is 0 Å². The summed E-state index contributed by atoms with van der Waals surface area (Å²) in [5.41, 5.74) is 0. The predicted molar refractivity (Wildman–Crippen MR) is 84.0 cm³/mol. The van der Waals surface area contributed by atoms with Crippen LogP contribution in [0.15, 0.2) is 5.16 Å². The van der Waals surface area contributed by atoms with Gasteiger partial charge in [0.25, 0.3) is 0 Å². The molecule has 0 aliphatic carbocycles. The van der Waals surface area contributed by atoms with Crippen molar-refractivity contribution in [2.75, 3.05) is 0 Å². The van der Waals surface area contributed by atoms with Gasteiger partial charge in [-0.2, -0.15) is 0 Å². The van der Waals surface area contributed by atoms with Gasteiger partial charge in [-0.15, -0.1) is 17.7 Å². The molecule has 0 radical (unpaired) electrons. The van der Waals surface area contributed by atoms with E-state index in [1.165, 1.54) is 23.9 Å². The zero-order valence-corrected chi connectivity index (χ0v) is 11.5. The van der Waals surface area contributed by atoms with Gasteiger partial charge in [-0.05, 0) is 16.8 Å². The molecule has 1 atom stereocenters. The van der Waals surface area contributed by atoms with Gasteiger partial charge in [-0.1, -0.05) is 45.4 Å². The van der Waals surface area contributed by atoms with Crippen LogP contribution in [0.3, 0.4) is 0 Å². The molecule has 20 heavy (non-hydrogen) atoms. The Morgan fingerprint density at radius 3 is 2.35 bits per heavy atom. The number of rotatable bonds is 9. The van der Waals surface area contributed by atoms with Crippen molar-refractivity contribution in [2.45, 2.75) is 63.1 Å². The van der Waals surface area contributed by atoms with Crippen LogP contribution in [0.1, 0.15) is 57.9 Å². The topological polar surface area (TPSA) is 80.9 Å². The Bertz CT molecular complexity index is 379. The molecule has 9 heteroatoms. The number of thiol groups is 1. The van der Waals surface area contributed by atoms with E-state index in [1.807, 2.05) is 0 Å². The first-order chi connectivity index (χ1) is 8.66. The number of tetrazole rings is 1. The molecular weight excluding hydrogens is 298 g/mol. The van der Waals surface area contributed by atoms with Gasteiger partial charge in [-0.25, -0.2) is 9.48 Å². The van der Waals surface area contributed by atoms with Crippen LogP contribution in [0.5, 0.6) is 0 Å². The van der Waals surface area contributed by atoms with Crippen LogP contribution in [0, 0.1) is 0 Å². The van der Waals surface area contributed by atoms with E-state index in [2.05, 4.69) is 35.1 Å². The SMILES string of the molecule is CCCCCCCCC(C(=O)O)n1nnnc1S.[NaH].[NaH]. The van der Waals surface area contributed by atoms with E-state index in [0.29, 0.717) is 6.42 Å². The monoisotopic (exact) mass is 320 g/mol. The Morgan fingerprint density at radius 2 is 1.85 bits per heavy atom. The number of nitrogens with zero attached hydrogens (tertiary/aromatic N) is 4. The Kier molecular flexibility index (Phi) is 15.7. The standard InChI is InChI=1S/C11H20N4O2S.2Na.2H/c1-2-3-4-5-6-7-8-9(10(16)17)15-11(18)12-13-14-15;;;;/h9H,2-8H2,1H3,(H,16,17)(H,12,14,18);;;;. The Hall–Kier alpha value is 0.890. The van der Waals surface area contributed by atoms with Crippen LogP contribution < -0.4 is 0 Å². The Balaban J connectivity index is 0. The minimum atomic E-state index is -0.911. The van der Waals surface area contributed by atoms with E-state index >= 15 is 0 Å². The summed E-state index contributed by atoms with van der Waals surface area (Å²) in [6.45, 7) is 2.17. The molecule has 1 aromatic heterocycles. The van der Waals surface area contributed by atoms with E-state index in [4.69, 9.17) is 5.11 Å². The first-order valence-corrected chi connectivity index (χ1v) is 6.81. The molecule has 0 aliphatic heterocycles. The van der Waals surface area contributed by atoms with Crippen molar-refractivity contribution in [1.82, 2.24) is 20.2 Å². The predicted octanol–water partition coefficient (Wildman–Crippen LogP) is 1.04.